The van der Waals surface area contributed by atoms with Crippen molar-refractivity contribution in [3.05, 3.63) is 34.7 Å². The first kappa shape index (κ1) is 15.9. The maximum Gasteiger partial charge on any atom is 0.305 e. The SMILES string of the molecule is CN(CCC(=O)O)C(=O)CCCCn1ccccc1=O. The lowest BCUT2D eigenvalue weighted by atomic mass is 10.2. The van der Waals surface area contributed by atoms with Gasteiger partial charge >= 0.3 is 5.97 Å². The lowest BCUT2D eigenvalue weighted by molar-refractivity contribution is -0.138. The van der Waals surface area contributed by atoms with Crippen LogP contribution in [-0.2, 0) is 16.1 Å². The first-order valence-corrected chi connectivity index (χ1v) is 6.62. The molecule has 0 spiro atoms. The second-order valence-electron chi connectivity index (χ2n) is 4.65. The van der Waals surface area contributed by atoms with Gasteiger partial charge in [-0.05, 0) is 18.9 Å². The van der Waals surface area contributed by atoms with E-state index in [9.17, 15) is 14.4 Å². The van der Waals surface area contributed by atoms with Crippen LogP contribution in [-0.4, -0.2) is 40.0 Å². The van der Waals surface area contributed by atoms with Gasteiger partial charge in [-0.25, -0.2) is 0 Å². The van der Waals surface area contributed by atoms with Gasteiger partial charge in [0.15, 0.2) is 0 Å². The molecule has 0 fully saturated rings. The van der Waals surface area contributed by atoms with E-state index in [1.54, 1.807) is 29.9 Å². The van der Waals surface area contributed by atoms with Crippen LogP contribution < -0.4 is 5.56 Å². The van der Waals surface area contributed by atoms with Crippen molar-refractivity contribution in [1.29, 1.82) is 0 Å². The lowest BCUT2D eigenvalue weighted by Gasteiger charge is -2.15. The third-order valence-electron chi connectivity index (χ3n) is 3.03. The van der Waals surface area contributed by atoms with Gasteiger partial charge in [0.1, 0.15) is 0 Å². The van der Waals surface area contributed by atoms with Crippen LogP contribution in [0.1, 0.15) is 25.7 Å². The van der Waals surface area contributed by atoms with E-state index in [1.165, 1.54) is 11.0 Å². The van der Waals surface area contributed by atoms with Gasteiger partial charge < -0.3 is 14.6 Å². The quantitative estimate of drug-likeness (QED) is 0.719. The fourth-order valence-electron chi connectivity index (χ4n) is 1.78. The smallest absolute Gasteiger partial charge is 0.305 e. The molecule has 0 unspecified atom stereocenters. The number of carboxylic acids is 1. The van der Waals surface area contributed by atoms with E-state index >= 15 is 0 Å². The average Bonchev–Trinajstić information content (AvgIpc) is 2.42. The van der Waals surface area contributed by atoms with E-state index in [-0.39, 0.29) is 24.4 Å². The number of pyridine rings is 1. The number of hydrogen-bond acceptors (Lipinski definition) is 3. The molecule has 6 nitrogen and oxygen atoms in total. The van der Waals surface area contributed by atoms with Gasteiger partial charge in [0, 0.05) is 38.8 Å². The van der Waals surface area contributed by atoms with Crippen molar-refractivity contribution in [3.63, 3.8) is 0 Å². The zero-order valence-electron chi connectivity index (χ0n) is 11.6. The summed E-state index contributed by atoms with van der Waals surface area (Å²) in [5.74, 6) is -0.972. The molecular formula is C14H20N2O4. The van der Waals surface area contributed by atoms with Gasteiger partial charge in [0.2, 0.25) is 11.5 Å². The molecule has 0 aliphatic carbocycles. The highest BCUT2D eigenvalue weighted by Crippen LogP contribution is 2.02. The largest absolute Gasteiger partial charge is 0.481 e. The second kappa shape index (κ2) is 8.14. The summed E-state index contributed by atoms with van der Waals surface area (Å²) in [5, 5.41) is 8.54. The minimum atomic E-state index is -0.909. The van der Waals surface area contributed by atoms with Gasteiger partial charge in [-0.15, -0.1) is 0 Å². The number of carboxylic acid groups (broad SMARTS) is 1. The monoisotopic (exact) mass is 280 g/mol. The fourth-order valence-corrected chi connectivity index (χ4v) is 1.78. The predicted molar refractivity (Wildman–Crippen MR) is 74.4 cm³/mol. The lowest BCUT2D eigenvalue weighted by Crippen LogP contribution is -2.28. The first-order chi connectivity index (χ1) is 9.50. The standard InChI is InChI=1S/C14H20N2O4/c1-15(11-8-14(19)20)12(17)6-2-4-9-16-10-5-3-7-13(16)18/h3,5,7,10H,2,4,6,8-9,11H2,1H3,(H,19,20). The van der Waals surface area contributed by atoms with E-state index in [1.807, 2.05) is 0 Å². The summed E-state index contributed by atoms with van der Waals surface area (Å²) >= 11 is 0. The topological polar surface area (TPSA) is 79.6 Å². The number of aliphatic carboxylic acids is 1. The molecule has 1 amide bonds. The Bertz CT molecular complexity index is 510. The Hall–Kier alpha value is -2.11. The van der Waals surface area contributed by atoms with Crippen molar-refractivity contribution < 1.29 is 14.7 Å². The zero-order valence-corrected chi connectivity index (χ0v) is 11.6. The van der Waals surface area contributed by atoms with Crippen LogP contribution in [0, 0.1) is 0 Å². The Balaban J connectivity index is 2.24. The maximum absolute atomic E-state index is 11.7. The summed E-state index contributed by atoms with van der Waals surface area (Å²) in [4.78, 5) is 35.0. The molecule has 0 aliphatic heterocycles. The third kappa shape index (κ3) is 5.69. The Labute approximate surface area is 117 Å². The molecular weight excluding hydrogens is 260 g/mol. The van der Waals surface area contributed by atoms with Crippen molar-refractivity contribution in [2.45, 2.75) is 32.2 Å². The van der Waals surface area contributed by atoms with Gasteiger partial charge in [0.05, 0.1) is 6.42 Å². The van der Waals surface area contributed by atoms with Gasteiger partial charge in [-0.1, -0.05) is 6.07 Å². The molecule has 110 valence electrons. The second-order valence-corrected chi connectivity index (χ2v) is 4.65. The van der Waals surface area contributed by atoms with Gasteiger partial charge in [0.25, 0.3) is 0 Å². The summed E-state index contributed by atoms with van der Waals surface area (Å²) in [6.45, 7) is 0.818. The molecule has 1 heterocycles. The van der Waals surface area contributed by atoms with Crippen molar-refractivity contribution in [2.24, 2.45) is 0 Å². The van der Waals surface area contributed by atoms with Gasteiger partial charge in [-0.2, -0.15) is 0 Å². The molecule has 0 bridgehead atoms. The number of unbranched alkanes of at least 4 members (excludes halogenated alkanes) is 1. The minimum Gasteiger partial charge on any atom is -0.481 e. The number of rotatable bonds is 8. The van der Waals surface area contributed by atoms with Crippen molar-refractivity contribution in [1.82, 2.24) is 9.47 Å². The molecule has 20 heavy (non-hydrogen) atoms. The highest BCUT2D eigenvalue weighted by molar-refractivity contribution is 5.76. The van der Waals surface area contributed by atoms with Crippen LogP contribution in [0.15, 0.2) is 29.2 Å². The van der Waals surface area contributed by atoms with Gasteiger partial charge in [-0.3, -0.25) is 14.4 Å². The van der Waals surface area contributed by atoms with E-state index in [2.05, 4.69) is 0 Å². The number of hydrogen-bond donors (Lipinski definition) is 1. The summed E-state index contributed by atoms with van der Waals surface area (Å²) < 4.78 is 1.61. The van der Waals surface area contributed by atoms with E-state index in [4.69, 9.17) is 5.11 Å². The molecule has 0 aromatic carbocycles. The normalized spacial score (nSPS) is 10.2. The molecule has 1 aromatic heterocycles. The Morgan fingerprint density at radius 2 is 2.00 bits per heavy atom. The van der Waals surface area contributed by atoms with Crippen molar-refractivity contribution in [2.75, 3.05) is 13.6 Å². The van der Waals surface area contributed by atoms with E-state index < -0.39 is 5.97 Å². The fraction of sp³-hybridized carbons (Fsp3) is 0.500. The summed E-state index contributed by atoms with van der Waals surface area (Å²) in [7, 11) is 1.60. The van der Waals surface area contributed by atoms with Crippen LogP contribution in [0.5, 0.6) is 0 Å². The highest BCUT2D eigenvalue weighted by atomic mass is 16.4. The predicted octanol–water partition coefficient (Wildman–Crippen LogP) is 0.952. The van der Waals surface area contributed by atoms with Crippen molar-refractivity contribution in [3.8, 4) is 0 Å². The number of carbonyl (C=O) groups excluding carboxylic acids is 1. The average molecular weight is 280 g/mol. The van der Waals surface area contributed by atoms with Crippen LogP contribution in [0.25, 0.3) is 0 Å². The Morgan fingerprint density at radius 1 is 1.25 bits per heavy atom. The first-order valence-electron chi connectivity index (χ1n) is 6.62. The molecule has 0 saturated carbocycles. The van der Waals surface area contributed by atoms with Crippen LogP contribution in [0.2, 0.25) is 0 Å². The molecule has 6 heteroatoms. The van der Waals surface area contributed by atoms with Crippen LogP contribution in [0.3, 0.4) is 0 Å². The Morgan fingerprint density at radius 3 is 2.65 bits per heavy atom. The number of aromatic nitrogens is 1. The Kier molecular flexibility index (Phi) is 6.49. The number of nitrogens with zero attached hydrogens (tertiary/aromatic N) is 2. The summed E-state index contributed by atoms with van der Waals surface area (Å²) in [5.41, 5.74) is -0.0441. The summed E-state index contributed by atoms with van der Waals surface area (Å²) in [6.07, 6.45) is 3.47. The molecule has 0 aliphatic rings. The molecule has 1 aromatic rings. The van der Waals surface area contributed by atoms with Crippen LogP contribution in [0.4, 0.5) is 0 Å². The minimum absolute atomic E-state index is 0.0400. The number of amides is 1. The van der Waals surface area contributed by atoms with E-state index in [0.29, 0.717) is 19.4 Å². The zero-order chi connectivity index (χ0) is 15.0. The number of aryl methyl sites for hydroxylation is 1. The number of carbonyl (C=O) groups is 2. The molecule has 0 radical (unpaired) electrons. The molecule has 1 rings (SSSR count). The summed E-state index contributed by atoms with van der Waals surface area (Å²) in [6, 6.07) is 5.00. The molecule has 0 atom stereocenters. The van der Waals surface area contributed by atoms with Crippen molar-refractivity contribution >= 4 is 11.9 Å². The molecule has 1 N–H and O–H groups in total. The molecule has 0 saturated heterocycles. The highest BCUT2D eigenvalue weighted by Gasteiger charge is 2.09. The van der Waals surface area contributed by atoms with Crippen LogP contribution >= 0.6 is 0 Å². The maximum atomic E-state index is 11.7. The third-order valence-corrected chi connectivity index (χ3v) is 3.03. The van der Waals surface area contributed by atoms with E-state index in [0.717, 1.165) is 6.42 Å².